The molecule has 0 saturated heterocycles. The van der Waals surface area contributed by atoms with Crippen LogP contribution in [-0.2, 0) is 30.8 Å². The monoisotopic (exact) mass is 473 g/mol. The third kappa shape index (κ3) is 4.79. The number of hydrogen-bond donors (Lipinski definition) is 0. The zero-order valence-electron chi connectivity index (χ0n) is 18.0. The molecule has 0 spiro atoms. The van der Waals surface area contributed by atoms with Crippen molar-refractivity contribution in [3.05, 3.63) is 88.0 Å². The van der Waals surface area contributed by atoms with Gasteiger partial charge in [-0.25, -0.2) is 17.5 Å². The minimum Gasteiger partial charge on any atom is -0.463 e. The van der Waals surface area contributed by atoms with Crippen LogP contribution in [0.15, 0.2) is 82.3 Å². The molecule has 1 unspecified atom stereocenters. The summed E-state index contributed by atoms with van der Waals surface area (Å²) in [6.07, 6.45) is 1.82. The average Bonchev–Trinajstić information content (AvgIpc) is 2.76. The molecular weight excluding hydrogens is 450 g/mol. The molecule has 0 bridgehead atoms. The Bertz CT molecular complexity index is 1180. The molecule has 8 heteroatoms. The lowest BCUT2D eigenvalue weighted by molar-refractivity contribution is -0.138. The van der Waals surface area contributed by atoms with Crippen LogP contribution in [-0.4, -0.2) is 37.2 Å². The average molecular weight is 474 g/mol. The highest BCUT2D eigenvalue weighted by Gasteiger charge is 2.40. The van der Waals surface area contributed by atoms with E-state index in [2.05, 4.69) is 0 Å². The van der Waals surface area contributed by atoms with E-state index in [-0.39, 0.29) is 23.5 Å². The quantitative estimate of drug-likeness (QED) is 0.461. The molecule has 32 heavy (non-hydrogen) atoms. The first-order chi connectivity index (χ1) is 15.2. The van der Waals surface area contributed by atoms with Crippen LogP contribution in [0.25, 0.3) is 0 Å². The molecule has 0 radical (unpaired) electrons. The van der Waals surface area contributed by atoms with Gasteiger partial charge >= 0.3 is 5.97 Å². The molecule has 0 aromatic heterocycles. The van der Waals surface area contributed by atoms with E-state index < -0.39 is 27.9 Å². The molecule has 0 N–H and O–H groups in total. The molecule has 1 heterocycles. The fraction of sp³-hybridized carbons (Fsp3) is 0.250. The molecule has 168 valence electrons. The predicted molar refractivity (Wildman–Crippen MR) is 123 cm³/mol. The van der Waals surface area contributed by atoms with Gasteiger partial charge in [-0.3, -0.25) is 4.79 Å². The van der Waals surface area contributed by atoms with Gasteiger partial charge in [0.1, 0.15) is 0 Å². The van der Waals surface area contributed by atoms with Crippen molar-refractivity contribution in [3.63, 3.8) is 0 Å². The standard InChI is InChI=1S/C24H24ClNO5S/c1-4-31-24(28)22(15-18-8-6-5-7-9-18)21-14-16(2)23(27)26(17(21)3)32(29,30)20-12-10-19(25)11-13-20/h5-14,17H,4,15H2,1-3H3/b22-21-. The molecule has 3 rings (SSSR count). The summed E-state index contributed by atoms with van der Waals surface area (Å²) >= 11 is 5.89. The molecule has 1 aliphatic rings. The molecule has 1 aliphatic heterocycles. The van der Waals surface area contributed by atoms with E-state index in [1.54, 1.807) is 19.9 Å². The van der Waals surface area contributed by atoms with E-state index in [0.717, 1.165) is 9.87 Å². The van der Waals surface area contributed by atoms with E-state index >= 15 is 0 Å². The summed E-state index contributed by atoms with van der Waals surface area (Å²) in [5, 5.41) is 0.381. The van der Waals surface area contributed by atoms with Gasteiger partial charge in [0, 0.05) is 22.6 Å². The number of halogens is 1. The van der Waals surface area contributed by atoms with Crippen LogP contribution in [0.5, 0.6) is 0 Å². The van der Waals surface area contributed by atoms with E-state index in [0.29, 0.717) is 16.2 Å². The number of sulfonamides is 1. The molecule has 6 nitrogen and oxygen atoms in total. The van der Waals surface area contributed by atoms with Crippen molar-refractivity contribution >= 4 is 33.5 Å². The molecule has 2 aromatic carbocycles. The first kappa shape index (κ1) is 23.8. The fourth-order valence-electron chi connectivity index (χ4n) is 3.58. The minimum atomic E-state index is -4.19. The fourth-order valence-corrected chi connectivity index (χ4v) is 5.30. The molecule has 2 aromatic rings. The SMILES string of the molecule is CCOC(=O)/C(Cc1ccccc1)=C1/C=C(C)C(=O)N(S(=O)(=O)c2ccc(Cl)cc2)C1C. The topological polar surface area (TPSA) is 80.8 Å². The van der Waals surface area contributed by atoms with E-state index in [1.807, 2.05) is 30.3 Å². The number of carbonyl (C=O) groups is 2. The van der Waals surface area contributed by atoms with Gasteiger partial charge in [-0.2, -0.15) is 0 Å². The van der Waals surface area contributed by atoms with Gasteiger partial charge in [-0.05, 0) is 62.2 Å². The Balaban J connectivity index is 2.15. The second-order valence-corrected chi connectivity index (χ2v) is 9.63. The van der Waals surface area contributed by atoms with Gasteiger partial charge in [0.15, 0.2) is 0 Å². The number of hydrogen-bond acceptors (Lipinski definition) is 5. The van der Waals surface area contributed by atoms with Crippen molar-refractivity contribution in [1.82, 2.24) is 4.31 Å². The highest BCUT2D eigenvalue weighted by Crippen LogP contribution is 2.32. The number of rotatable bonds is 6. The molecule has 0 saturated carbocycles. The van der Waals surface area contributed by atoms with Gasteiger partial charge < -0.3 is 4.74 Å². The van der Waals surface area contributed by atoms with E-state index in [1.165, 1.54) is 31.2 Å². The Morgan fingerprint density at radius 3 is 2.31 bits per heavy atom. The van der Waals surface area contributed by atoms with E-state index in [9.17, 15) is 18.0 Å². The van der Waals surface area contributed by atoms with Crippen LogP contribution in [0.2, 0.25) is 5.02 Å². The number of benzene rings is 2. The number of amides is 1. The van der Waals surface area contributed by atoms with Crippen LogP contribution in [0.3, 0.4) is 0 Å². The molecular formula is C24H24ClNO5S. The molecule has 1 atom stereocenters. The van der Waals surface area contributed by atoms with Gasteiger partial charge in [-0.15, -0.1) is 0 Å². The van der Waals surface area contributed by atoms with Gasteiger partial charge in [0.2, 0.25) is 0 Å². The summed E-state index contributed by atoms with van der Waals surface area (Å²) in [6, 6.07) is 14.0. The Hall–Kier alpha value is -2.90. The largest absolute Gasteiger partial charge is 0.463 e. The molecule has 0 aliphatic carbocycles. The van der Waals surface area contributed by atoms with Gasteiger partial charge in [0.25, 0.3) is 15.9 Å². The zero-order chi connectivity index (χ0) is 23.5. The summed E-state index contributed by atoms with van der Waals surface area (Å²) < 4.78 is 32.9. The Labute approximate surface area is 193 Å². The normalized spacial score (nSPS) is 18.2. The van der Waals surface area contributed by atoms with Gasteiger partial charge in [0.05, 0.1) is 17.5 Å². The lowest BCUT2D eigenvalue weighted by atomic mass is 9.92. The summed E-state index contributed by atoms with van der Waals surface area (Å²) in [7, 11) is -4.19. The highest BCUT2D eigenvalue weighted by atomic mass is 35.5. The maximum absolute atomic E-state index is 13.4. The molecule has 1 amide bonds. The van der Waals surface area contributed by atoms with Crippen molar-refractivity contribution < 1.29 is 22.7 Å². The number of nitrogens with zero attached hydrogens (tertiary/aromatic N) is 1. The lowest BCUT2D eigenvalue weighted by Gasteiger charge is -2.34. The predicted octanol–water partition coefficient (Wildman–Crippen LogP) is 4.31. The Kier molecular flexibility index (Phi) is 7.21. The van der Waals surface area contributed by atoms with Crippen LogP contribution in [0, 0.1) is 0 Å². The summed E-state index contributed by atoms with van der Waals surface area (Å²) in [4.78, 5) is 25.8. The highest BCUT2D eigenvalue weighted by molar-refractivity contribution is 7.89. The number of esters is 1. The Morgan fingerprint density at radius 2 is 1.72 bits per heavy atom. The first-order valence-electron chi connectivity index (χ1n) is 10.1. The zero-order valence-corrected chi connectivity index (χ0v) is 19.6. The van der Waals surface area contributed by atoms with Crippen LogP contribution < -0.4 is 0 Å². The number of ether oxygens (including phenoxy) is 1. The first-order valence-corrected chi connectivity index (χ1v) is 11.9. The maximum atomic E-state index is 13.4. The summed E-state index contributed by atoms with van der Waals surface area (Å²) in [6.45, 7) is 5.00. The van der Waals surface area contributed by atoms with Crippen LogP contribution >= 0.6 is 11.6 Å². The number of carbonyl (C=O) groups excluding carboxylic acids is 2. The van der Waals surface area contributed by atoms with Crippen molar-refractivity contribution in [3.8, 4) is 0 Å². The van der Waals surface area contributed by atoms with Crippen molar-refractivity contribution in [2.75, 3.05) is 6.61 Å². The molecule has 0 fully saturated rings. The smallest absolute Gasteiger partial charge is 0.334 e. The second-order valence-electron chi connectivity index (χ2n) is 7.38. The summed E-state index contributed by atoms with van der Waals surface area (Å²) in [5.41, 5.74) is 1.83. The maximum Gasteiger partial charge on any atom is 0.334 e. The third-order valence-electron chi connectivity index (χ3n) is 5.18. The van der Waals surface area contributed by atoms with Crippen LogP contribution in [0.4, 0.5) is 0 Å². The minimum absolute atomic E-state index is 0.0584. The van der Waals surface area contributed by atoms with Gasteiger partial charge in [-0.1, -0.05) is 41.9 Å². The summed E-state index contributed by atoms with van der Waals surface area (Å²) in [5.74, 6) is -1.18. The van der Waals surface area contributed by atoms with Crippen molar-refractivity contribution in [1.29, 1.82) is 0 Å². The van der Waals surface area contributed by atoms with E-state index in [4.69, 9.17) is 16.3 Å². The third-order valence-corrected chi connectivity index (χ3v) is 7.30. The Morgan fingerprint density at radius 1 is 1.09 bits per heavy atom. The van der Waals surface area contributed by atoms with Crippen molar-refractivity contribution in [2.24, 2.45) is 0 Å². The van der Waals surface area contributed by atoms with Crippen LogP contribution in [0.1, 0.15) is 26.3 Å². The van der Waals surface area contributed by atoms with Crippen molar-refractivity contribution in [2.45, 2.75) is 38.1 Å². The second kappa shape index (κ2) is 9.71. The lowest BCUT2D eigenvalue weighted by Crippen LogP contribution is -2.47.